The third-order valence-corrected chi connectivity index (χ3v) is 11.4. The van der Waals surface area contributed by atoms with Gasteiger partial charge in [-0.2, -0.15) is 26.3 Å². The molecule has 0 aliphatic carbocycles. The van der Waals surface area contributed by atoms with E-state index in [0.29, 0.717) is 11.1 Å². The first-order valence-electron chi connectivity index (χ1n) is 16.8. The molecular weight excluding hydrogens is 837 g/mol. The maximum Gasteiger partial charge on any atom is 0.420 e. The van der Waals surface area contributed by atoms with Crippen molar-refractivity contribution in [2.24, 2.45) is 0 Å². The van der Waals surface area contributed by atoms with Gasteiger partial charge in [0.2, 0.25) is 0 Å². The van der Waals surface area contributed by atoms with Crippen LogP contribution in [0.2, 0.25) is 25.7 Å². The SMILES string of the molecule is C[Si](C)(C)CCOC(=O)c1ccc(-c2c3ccc([nH]3)c(C(F)(F)F)c3nc(c(-c4ccc(I)cc4)c4nc(c(C(F)(F)F)c5ccc2[nH]5)C=C4)C=C3)cc1. The Bertz CT molecular complexity index is 2400. The second-order valence-electron chi connectivity index (χ2n) is 14.0. The minimum Gasteiger partial charge on any atom is -0.462 e. The summed E-state index contributed by atoms with van der Waals surface area (Å²) in [5.74, 6) is -0.536. The quantitative estimate of drug-likeness (QED) is 0.0755. The Balaban J connectivity index is 1.53. The van der Waals surface area contributed by atoms with Crippen LogP contribution in [0.25, 0.3) is 68.6 Å². The molecule has 54 heavy (non-hydrogen) atoms. The number of carbonyl (C=O) groups is 1. The molecule has 2 N–H and O–H groups in total. The molecule has 14 heteroatoms. The molecule has 0 fully saturated rings. The second kappa shape index (κ2) is 14.0. The highest BCUT2D eigenvalue weighted by Crippen LogP contribution is 2.41. The summed E-state index contributed by atoms with van der Waals surface area (Å²) in [5.41, 5.74) is -1.11. The third-order valence-electron chi connectivity index (χ3n) is 8.95. The van der Waals surface area contributed by atoms with Gasteiger partial charge in [-0.15, -0.1) is 0 Å². The smallest absolute Gasteiger partial charge is 0.420 e. The number of H-pyrrole nitrogens is 2. The number of nitrogens with one attached hydrogen (secondary N) is 2. The monoisotopic (exact) mass is 868 g/mol. The molecule has 2 aromatic carbocycles. The Kier molecular flexibility index (Phi) is 9.71. The van der Waals surface area contributed by atoms with E-state index in [0.717, 1.165) is 9.61 Å². The fraction of sp³-hybridized carbons (Fsp3) is 0.175. The van der Waals surface area contributed by atoms with E-state index in [1.165, 1.54) is 60.7 Å². The number of aromatic amines is 2. The van der Waals surface area contributed by atoms with Crippen molar-refractivity contribution < 1.29 is 35.9 Å². The van der Waals surface area contributed by atoms with E-state index in [1.807, 2.05) is 0 Å². The first-order valence-corrected chi connectivity index (χ1v) is 21.6. The molecule has 2 aliphatic heterocycles. The van der Waals surface area contributed by atoms with E-state index in [9.17, 15) is 31.1 Å². The Hall–Kier alpha value is -4.96. The molecule has 6 nitrogen and oxygen atoms in total. The summed E-state index contributed by atoms with van der Waals surface area (Å²) in [6.07, 6.45) is -4.41. The zero-order valence-electron chi connectivity index (χ0n) is 29.0. The lowest BCUT2D eigenvalue weighted by Crippen LogP contribution is -2.22. The number of carbonyl (C=O) groups excluding carboxylic acids is 1. The van der Waals surface area contributed by atoms with Crippen molar-refractivity contribution in [3.8, 4) is 22.3 Å². The van der Waals surface area contributed by atoms with E-state index in [-0.39, 0.29) is 68.1 Å². The number of rotatable bonds is 6. The predicted octanol–water partition coefficient (Wildman–Crippen LogP) is 12.1. The summed E-state index contributed by atoms with van der Waals surface area (Å²) >= 11 is 2.10. The first kappa shape index (κ1) is 37.4. The molecule has 8 bridgehead atoms. The molecule has 0 saturated heterocycles. The lowest BCUT2D eigenvalue weighted by Gasteiger charge is -2.15. The molecular formula is C40H31F6IN4O2Si. The molecule has 0 spiro atoms. The highest BCUT2D eigenvalue weighted by atomic mass is 127. The van der Waals surface area contributed by atoms with Gasteiger partial charge in [-0.1, -0.05) is 43.9 Å². The number of ether oxygens (including phenoxy) is 1. The van der Waals surface area contributed by atoms with Crippen molar-refractivity contribution in [2.45, 2.75) is 38.0 Å². The second-order valence-corrected chi connectivity index (χ2v) is 20.9. The zero-order chi connectivity index (χ0) is 38.6. The number of nitrogens with zero attached hydrogens (tertiary/aromatic N) is 2. The molecule has 2 aliphatic rings. The molecule has 5 aromatic rings. The maximum absolute atomic E-state index is 15.0. The van der Waals surface area contributed by atoms with E-state index in [4.69, 9.17) is 4.74 Å². The van der Waals surface area contributed by atoms with Gasteiger partial charge in [0.15, 0.2) is 0 Å². The van der Waals surface area contributed by atoms with E-state index < -0.39 is 37.5 Å². The van der Waals surface area contributed by atoms with Crippen LogP contribution >= 0.6 is 22.6 Å². The first-order chi connectivity index (χ1) is 25.5. The van der Waals surface area contributed by atoms with Crippen molar-refractivity contribution in [3.63, 3.8) is 0 Å². The molecule has 3 aromatic heterocycles. The van der Waals surface area contributed by atoms with Crippen LogP contribution in [0.15, 0.2) is 72.8 Å². The summed E-state index contributed by atoms with van der Waals surface area (Å²) in [6, 6.07) is 19.3. The van der Waals surface area contributed by atoms with Crippen LogP contribution in [-0.2, 0) is 17.1 Å². The molecule has 5 heterocycles. The van der Waals surface area contributed by atoms with Crippen LogP contribution < -0.4 is 0 Å². The molecule has 0 unspecified atom stereocenters. The highest BCUT2D eigenvalue weighted by molar-refractivity contribution is 14.1. The number of alkyl halides is 6. The maximum atomic E-state index is 15.0. The minimum absolute atomic E-state index is 0.110. The van der Waals surface area contributed by atoms with Crippen LogP contribution in [0.1, 0.15) is 44.3 Å². The number of hydrogen-bond acceptors (Lipinski definition) is 4. The van der Waals surface area contributed by atoms with Crippen molar-refractivity contribution in [3.05, 3.63) is 116 Å². The Labute approximate surface area is 320 Å². The Morgan fingerprint density at radius 2 is 1.06 bits per heavy atom. The van der Waals surface area contributed by atoms with Crippen LogP contribution in [-0.4, -0.2) is 40.6 Å². The van der Waals surface area contributed by atoms with Gasteiger partial charge in [0, 0.05) is 33.8 Å². The number of hydrogen-bond donors (Lipinski definition) is 2. The van der Waals surface area contributed by atoms with Crippen LogP contribution in [0.5, 0.6) is 0 Å². The van der Waals surface area contributed by atoms with Gasteiger partial charge >= 0.3 is 18.3 Å². The number of halogens is 7. The largest absolute Gasteiger partial charge is 0.462 e. The van der Waals surface area contributed by atoms with Crippen molar-refractivity contribution in [1.82, 2.24) is 19.9 Å². The van der Waals surface area contributed by atoms with Gasteiger partial charge in [-0.3, -0.25) is 0 Å². The van der Waals surface area contributed by atoms with Gasteiger partial charge in [0.05, 0.1) is 46.0 Å². The summed E-state index contributed by atoms with van der Waals surface area (Å²) in [4.78, 5) is 27.4. The average molecular weight is 869 g/mol. The summed E-state index contributed by atoms with van der Waals surface area (Å²) in [6.45, 7) is 6.75. The molecule has 0 saturated carbocycles. The summed E-state index contributed by atoms with van der Waals surface area (Å²) in [7, 11) is -1.46. The van der Waals surface area contributed by atoms with Crippen LogP contribution in [0, 0.1) is 3.57 Å². The number of benzene rings is 2. The summed E-state index contributed by atoms with van der Waals surface area (Å²) < 4.78 is 96.1. The van der Waals surface area contributed by atoms with Crippen LogP contribution in [0.4, 0.5) is 26.3 Å². The van der Waals surface area contributed by atoms with E-state index >= 15 is 0 Å². The van der Waals surface area contributed by atoms with Gasteiger partial charge in [0.25, 0.3) is 0 Å². The standard InChI is InChI=1S/C40H31F6IN4O2Si/c1-54(2,3)21-20-53-38(52)24-6-4-22(5-7-24)34-26-12-16-30(48-26)36(39(41,42)43)32-18-14-28(50-32)35(23-8-10-25(47)11-9-23)29-15-19-33(51-29)37(40(44,45)46)31-17-13-27(34)49-31/h4-19,48-49H,20-21H2,1-3H3. The molecule has 0 amide bonds. The minimum atomic E-state index is -4.85. The van der Waals surface area contributed by atoms with Crippen molar-refractivity contribution in [2.75, 3.05) is 6.61 Å². The fourth-order valence-electron chi connectivity index (χ4n) is 6.33. The lowest BCUT2D eigenvalue weighted by atomic mass is 10.0. The number of esters is 1. The Morgan fingerprint density at radius 3 is 1.52 bits per heavy atom. The zero-order valence-corrected chi connectivity index (χ0v) is 32.2. The molecule has 276 valence electrons. The fourth-order valence-corrected chi connectivity index (χ4v) is 7.41. The van der Waals surface area contributed by atoms with Gasteiger partial charge in [-0.25, -0.2) is 14.8 Å². The van der Waals surface area contributed by atoms with Gasteiger partial charge in [-0.05, 0) is 113 Å². The van der Waals surface area contributed by atoms with Crippen LogP contribution in [0.3, 0.4) is 0 Å². The number of fused-ring (bicyclic) bond motifs is 8. The number of aromatic nitrogens is 4. The predicted molar refractivity (Wildman–Crippen MR) is 211 cm³/mol. The Morgan fingerprint density at radius 1 is 0.630 bits per heavy atom. The molecule has 7 rings (SSSR count). The van der Waals surface area contributed by atoms with E-state index in [2.05, 4.69) is 62.2 Å². The van der Waals surface area contributed by atoms with Gasteiger partial charge < -0.3 is 14.7 Å². The third kappa shape index (κ3) is 7.67. The average Bonchev–Trinajstić information content (AvgIpc) is 3.91. The lowest BCUT2D eigenvalue weighted by molar-refractivity contribution is -0.137. The highest BCUT2D eigenvalue weighted by Gasteiger charge is 2.38. The van der Waals surface area contributed by atoms with Crippen molar-refractivity contribution in [1.29, 1.82) is 0 Å². The normalized spacial score (nSPS) is 13.1. The molecule has 0 atom stereocenters. The molecule has 0 radical (unpaired) electrons. The topological polar surface area (TPSA) is 83.7 Å². The van der Waals surface area contributed by atoms with Gasteiger partial charge in [0.1, 0.15) is 11.1 Å². The van der Waals surface area contributed by atoms with Crippen molar-refractivity contribution >= 4 is 83.0 Å². The van der Waals surface area contributed by atoms with E-state index in [1.54, 1.807) is 36.4 Å². The summed E-state index contributed by atoms with van der Waals surface area (Å²) in [5, 5.41) is 0.